The van der Waals surface area contributed by atoms with Crippen molar-refractivity contribution in [1.82, 2.24) is 4.98 Å². The van der Waals surface area contributed by atoms with Gasteiger partial charge in [-0.3, -0.25) is 0 Å². The van der Waals surface area contributed by atoms with Crippen LogP contribution in [-0.2, 0) is 5.41 Å². The van der Waals surface area contributed by atoms with E-state index in [9.17, 15) is 0 Å². The molecule has 90 valence electrons. The third-order valence-corrected chi connectivity index (χ3v) is 3.05. The molecule has 0 bridgehead atoms. The van der Waals surface area contributed by atoms with Crippen molar-refractivity contribution in [2.75, 3.05) is 0 Å². The molecule has 0 unspecified atom stereocenters. The second-order valence-corrected chi connectivity index (χ2v) is 5.78. The number of hydrogen-bond donors (Lipinski definition) is 0. The van der Waals surface area contributed by atoms with Crippen LogP contribution in [0.25, 0.3) is 0 Å². The maximum atomic E-state index is 4.46. The van der Waals surface area contributed by atoms with Gasteiger partial charge in [0.15, 0.2) is 0 Å². The summed E-state index contributed by atoms with van der Waals surface area (Å²) in [6, 6.07) is 5.83. The van der Waals surface area contributed by atoms with E-state index >= 15 is 0 Å². The van der Waals surface area contributed by atoms with Gasteiger partial charge in [-0.05, 0) is 63.9 Å². The fourth-order valence-corrected chi connectivity index (χ4v) is 1.99. The zero-order valence-corrected chi connectivity index (χ0v) is 13.0. The highest BCUT2D eigenvalue weighted by Crippen LogP contribution is 2.26. The Bertz CT molecular complexity index is 476. The van der Waals surface area contributed by atoms with E-state index < -0.39 is 0 Å². The Hall–Kier alpha value is -0.740. The van der Waals surface area contributed by atoms with Gasteiger partial charge < -0.3 is 0 Å². The van der Waals surface area contributed by atoms with Crippen LogP contribution in [0, 0.1) is 0 Å². The summed E-state index contributed by atoms with van der Waals surface area (Å²) in [5.74, 6) is 0. The van der Waals surface area contributed by atoms with Crippen molar-refractivity contribution in [3.8, 4) is 0 Å². The Labute approximate surface area is 119 Å². The molecular formula is C13H14Br2N2. The van der Waals surface area contributed by atoms with Crippen LogP contribution in [0.15, 0.2) is 51.6 Å². The van der Waals surface area contributed by atoms with E-state index in [-0.39, 0.29) is 5.41 Å². The van der Waals surface area contributed by atoms with Gasteiger partial charge in [-0.2, -0.15) is 0 Å². The quantitative estimate of drug-likeness (QED) is 0.438. The molecule has 0 fully saturated rings. The van der Waals surface area contributed by atoms with Crippen molar-refractivity contribution in [1.29, 1.82) is 0 Å². The largest absolute Gasteiger partial charge is 0.246 e. The minimum atomic E-state index is -0.317. The Kier molecular flexibility index (Phi) is 4.83. The lowest BCUT2D eigenvalue weighted by atomic mass is 9.83. The Morgan fingerprint density at radius 3 is 2.59 bits per heavy atom. The number of nitrogens with zero attached hydrogens (tertiary/aromatic N) is 2. The molecule has 0 aliphatic carbocycles. The summed E-state index contributed by atoms with van der Waals surface area (Å²) in [4.78, 5) is 8.80. The maximum Gasteiger partial charge on any atom is 0.106 e. The average molecular weight is 358 g/mol. The number of hydrogen-bond acceptors (Lipinski definition) is 2. The number of aliphatic imine (C=N–C) groups is 1. The molecule has 0 atom stereocenters. The van der Waals surface area contributed by atoms with Gasteiger partial charge in [0.2, 0.25) is 0 Å². The van der Waals surface area contributed by atoms with E-state index in [4.69, 9.17) is 0 Å². The van der Waals surface area contributed by atoms with Crippen LogP contribution in [0.4, 0.5) is 0 Å². The molecule has 0 N–H and O–H groups in total. The van der Waals surface area contributed by atoms with E-state index in [0.717, 1.165) is 16.0 Å². The molecule has 0 saturated heterocycles. The lowest BCUT2D eigenvalue weighted by Crippen LogP contribution is -2.28. The number of halogens is 2. The van der Waals surface area contributed by atoms with Gasteiger partial charge in [-0.1, -0.05) is 19.2 Å². The molecule has 1 rings (SSSR count). The molecule has 1 aromatic heterocycles. The molecule has 0 saturated carbocycles. The number of rotatable bonds is 4. The van der Waals surface area contributed by atoms with Crippen molar-refractivity contribution in [3.05, 3.63) is 52.3 Å². The monoisotopic (exact) mass is 356 g/mol. The average Bonchev–Trinajstić information content (AvgIpc) is 2.25. The third kappa shape index (κ3) is 3.61. The van der Waals surface area contributed by atoms with Crippen molar-refractivity contribution in [2.24, 2.45) is 4.99 Å². The summed E-state index contributed by atoms with van der Waals surface area (Å²) >= 11 is 6.61. The predicted molar refractivity (Wildman–Crippen MR) is 80.7 cm³/mol. The second-order valence-electron chi connectivity index (χ2n) is 4.05. The van der Waals surface area contributed by atoms with Crippen LogP contribution in [0.1, 0.15) is 19.5 Å². The molecule has 1 heterocycles. The van der Waals surface area contributed by atoms with E-state index in [1.165, 1.54) is 0 Å². The normalized spacial score (nSPS) is 12.4. The smallest absolute Gasteiger partial charge is 0.106 e. The van der Waals surface area contributed by atoms with E-state index in [1.54, 1.807) is 6.08 Å². The van der Waals surface area contributed by atoms with Gasteiger partial charge >= 0.3 is 0 Å². The Morgan fingerprint density at radius 1 is 1.47 bits per heavy atom. The van der Waals surface area contributed by atoms with E-state index in [0.29, 0.717) is 4.61 Å². The number of aromatic nitrogens is 1. The third-order valence-electron chi connectivity index (χ3n) is 2.43. The molecule has 0 aromatic carbocycles. The Morgan fingerprint density at radius 2 is 2.12 bits per heavy atom. The van der Waals surface area contributed by atoms with Crippen LogP contribution < -0.4 is 0 Å². The van der Waals surface area contributed by atoms with Crippen LogP contribution in [-0.4, -0.2) is 10.7 Å². The zero-order chi connectivity index (χ0) is 13.1. The van der Waals surface area contributed by atoms with Crippen molar-refractivity contribution in [3.63, 3.8) is 0 Å². The predicted octanol–water partition coefficient (Wildman–Crippen LogP) is 4.61. The highest BCUT2D eigenvalue weighted by molar-refractivity contribution is 9.11. The van der Waals surface area contributed by atoms with Crippen molar-refractivity contribution < 1.29 is 0 Å². The van der Waals surface area contributed by atoms with Crippen molar-refractivity contribution >= 4 is 37.6 Å². The fourth-order valence-electron chi connectivity index (χ4n) is 1.46. The van der Waals surface area contributed by atoms with Crippen LogP contribution in [0.5, 0.6) is 0 Å². The molecule has 0 aliphatic rings. The molecule has 0 radical (unpaired) electrons. The van der Waals surface area contributed by atoms with Gasteiger partial charge in [0.05, 0.1) is 16.0 Å². The van der Waals surface area contributed by atoms with E-state index in [1.807, 2.05) is 18.2 Å². The topological polar surface area (TPSA) is 25.2 Å². The molecule has 17 heavy (non-hydrogen) atoms. The summed E-state index contributed by atoms with van der Waals surface area (Å²) in [7, 11) is 0. The Balaban J connectivity index is 3.26. The van der Waals surface area contributed by atoms with Gasteiger partial charge in [-0.15, -0.1) is 0 Å². The molecular weight excluding hydrogens is 344 g/mol. The highest BCUT2D eigenvalue weighted by atomic mass is 79.9. The standard InChI is InChI=1S/C13H14Br2N2/c1-5-10(16-9(2)14)13(3,4)11-7-6-8-12(15)17-11/h5-8H,1-2H2,3-4H3/b16-10+. The van der Waals surface area contributed by atoms with Gasteiger partial charge in [0.25, 0.3) is 0 Å². The minimum absolute atomic E-state index is 0.317. The molecule has 0 aliphatic heterocycles. The first-order valence-corrected chi connectivity index (χ1v) is 6.65. The molecule has 0 spiro atoms. The lowest BCUT2D eigenvalue weighted by Gasteiger charge is -2.24. The highest BCUT2D eigenvalue weighted by Gasteiger charge is 2.27. The lowest BCUT2D eigenvalue weighted by molar-refractivity contribution is 0.688. The first-order chi connectivity index (χ1) is 7.87. The number of pyridine rings is 1. The summed E-state index contributed by atoms with van der Waals surface area (Å²) in [6.45, 7) is 11.6. The van der Waals surface area contributed by atoms with E-state index in [2.05, 4.69) is 68.8 Å². The summed E-state index contributed by atoms with van der Waals surface area (Å²) in [6.07, 6.45) is 1.73. The van der Waals surface area contributed by atoms with Crippen molar-refractivity contribution in [2.45, 2.75) is 19.3 Å². The first kappa shape index (κ1) is 14.3. The number of allylic oxidation sites excluding steroid dienone is 1. The fraction of sp³-hybridized carbons (Fsp3) is 0.231. The molecule has 2 nitrogen and oxygen atoms in total. The zero-order valence-electron chi connectivity index (χ0n) is 9.87. The molecule has 4 heteroatoms. The minimum Gasteiger partial charge on any atom is -0.246 e. The van der Waals surface area contributed by atoms with Gasteiger partial charge in [0.1, 0.15) is 4.60 Å². The SMILES string of the molecule is C=C/C(=N\C(=C)Br)C(C)(C)c1cccc(Br)n1. The summed E-state index contributed by atoms with van der Waals surface area (Å²) in [5, 5.41) is 0. The second kappa shape index (κ2) is 5.74. The van der Waals surface area contributed by atoms with Crippen LogP contribution >= 0.6 is 31.9 Å². The molecule has 0 amide bonds. The van der Waals surface area contributed by atoms with Gasteiger partial charge in [0, 0.05) is 5.41 Å². The van der Waals surface area contributed by atoms with Crippen LogP contribution in [0.2, 0.25) is 0 Å². The summed E-state index contributed by atoms with van der Waals surface area (Å²) < 4.78 is 1.39. The molecule has 1 aromatic rings. The van der Waals surface area contributed by atoms with Crippen LogP contribution in [0.3, 0.4) is 0 Å². The maximum absolute atomic E-state index is 4.46. The van der Waals surface area contributed by atoms with Gasteiger partial charge in [-0.25, -0.2) is 9.98 Å². The first-order valence-electron chi connectivity index (χ1n) is 5.07. The summed E-state index contributed by atoms with van der Waals surface area (Å²) in [5.41, 5.74) is 1.44.